The number of carbonyl (C=O) groups is 2. The van der Waals surface area contributed by atoms with Crippen molar-refractivity contribution >= 4 is 39.1 Å². The average molecular weight is 614 g/mol. The van der Waals surface area contributed by atoms with Gasteiger partial charge in [0.25, 0.3) is 0 Å². The first kappa shape index (κ1) is 32.9. The normalized spacial score (nSPS) is 12.0. The fourth-order valence-corrected chi connectivity index (χ4v) is 5.70. The van der Waals surface area contributed by atoms with Crippen LogP contribution in [0.5, 0.6) is 5.75 Å². The van der Waals surface area contributed by atoms with E-state index < -0.39 is 16.1 Å². The predicted octanol–water partition coefficient (Wildman–Crippen LogP) is 5.31. The summed E-state index contributed by atoms with van der Waals surface area (Å²) in [5.74, 6) is 0.333. The van der Waals surface area contributed by atoms with Gasteiger partial charge in [-0.2, -0.15) is 0 Å². The largest absolute Gasteiger partial charge is 0.497 e. The summed E-state index contributed by atoms with van der Waals surface area (Å²) in [5.41, 5.74) is 2.12. The summed E-state index contributed by atoms with van der Waals surface area (Å²) >= 11 is 6.48. The molecule has 0 aromatic heterocycles. The number of benzene rings is 3. The Morgan fingerprint density at radius 2 is 1.60 bits per heavy atom. The molecule has 1 N–H and O–H groups in total. The lowest BCUT2D eigenvalue weighted by Crippen LogP contribution is -2.51. The van der Waals surface area contributed by atoms with E-state index in [9.17, 15) is 18.0 Å². The van der Waals surface area contributed by atoms with Gasteiger partial charge in [0.2, 0.25) is 21.8 Å². The number of carbonyl (C=O) groups excluding carboxylic acids is 2. The molecule has 8 nitrogen and oxygen atoms in total. The minimum absolute atomic E-state index is 0.0371. The topological polar surface area (TPSA) is 96.0 Å². The molecule has 0 aliphatic rings. The van der Waals surface area contributed by atoms with Crippen molar-refractivity contribution in [3.63, 3.8) is 0 Å². The zero-order valence-electron chi connectivity index (χ0n) is 24.6. The quantitative estimate of drug-likeness (QED) is 0.251. The molecule has 2 amide bonds. The maximum atomic E-state index is 13.9. The standard InChI is InChI=1S/C32H40ClN3O5S/c1-24(2)22-34-32(38)30(21-25-11-6-5-7-12-25)35(23-26-13-8-9-14-29(26)33)31(37)15-10-20-36(42(4,39)40)27-16-18-28(41-3)19-17-27/h5-9,11-14,16-19,24,30H,10,15,20-23H2,1-4H3,(H,34,38)/t30-/m0/s1. The zero-order chi connectivity index (χ0) is 30.7. The maximum Gasteiger partial charge on any atom is 0.243 e. The molecule has 0 aliphatic carbocycles. The summed E-state index contributed by atoms with van der Waals surface area (Å²) < 4.78 is 31.7. The van der Waals surface area contributed by atoms with Crippen LogP contribution < -0.4 is 14.4 Å². The van der Waals surface area contributed by atoms with Crippen LogP contribution in [0.25, 0.3) is 0 Å². The highest BCUT2D eigenvalue weighted by Crippen LogP contribution is 2.24. The molecule has 3 aromatic rings. The Bertz CT molecular complexity index is 1420. The van der Waals surface area contributed by atoms with E-state index >= 15 is 0 Å². The van der Waals surface area contributed by atoms with Crippen LogP contribution in [-0.2, 0) is 32.6 Å². The van der Waals surface area contributed by atoms with E-state index in [4.69, 9.17) is 16.3 Å². The van der Waals surface area contributed by atoms with Gasteiger partial charge in [-0.25, -0.2) is 8.42 Å². The summed E-state index contributed by atoms with van der Waals surface area (Å²) in [5, 5.41) is 3.50. The van der Waals surface area contributed by atoms with Crippen molar-refractivity contribution in [3.05, 3.63) is 95.0 Å². The Balaban J connectivity index is 1.88. The molecule has 3 rings (SSSR count). The molecule has 0 heterocycles. The van der Waals surface area contributed by atoms with Crippen molar-refractivity contribution in [3.8, 4) is 5.75 Å². The van der Waals surface area contributed by atoms with Crippen molar-refractivity contribution in [2.45, 2.75) is 45.7 Å². The Kier molecular flexibility index (Phi) is 12.2. The first-order valence-electron chi connectivity index (χ1n) is 14.0. The van der Waals surface area contributed by atoms with Crippen molar-refractivity contribution in [2.24, 2.45) is 5.92 Å². The Hall–Kier alpha value is -3.56. The van der Waals surface area contributed by atoms with Crippen LogP contribution in [0.3, 0.4) is 0 Å². The van der Waals surface area contributed by atoms with Crippen LogP contribution in [0.2, 0.25) is 5.02 Å². The number of ether oxygens (including phenoxy) is 1. The third kappa shape index (κ3) is 9.77. The van der Waals surface area contributed by atoms with Gasteiger partial charge < -0.3 is 15.0 Å². The van der Waals surface area contributed by atoms with Gasteiger partial charge in [-0.15, -0.1) is 0 Å². The molecule has 0 fully saturated rings. The number of anilines is 1. The minimum atomic E-state index is -3.61. The highest BCUT2D eigenvalue weighted by molar-refractivity contribution is 7.92. The highest BCUT2D eigenvalue weighted by atomic mass is 35.5. The number of sulfonamides is 1. The summed E-state index contributed by atoms with van der Waals surface area (Å²) in [6.07, 6.45) is 1.75. The van der Waals surface area contributed by atoms with Crippen LogP contribution >= 0.6 is 11.6 Å². The van der Waals surface area contributed by atoms with Gasteiger partial charge in [0.05, 0.1) is 19.1 Å². The van der Waals surface area contributed by atoms with E-state index in [1.54, 1.807) is 35.2 Å². The summed E-state index contributed by atoms with van der Waals surface area (Å²) in [7, 11) is -2.07. The fourth-order valence-electron chi connectivity index (χ4n) is 4.54. The first-order valence-corrected chi connectivity index (χ1v) is 16.2. The summed E-state index contributed by atoms with van der Waals surface area (Å²) in [4.78, 5) is 29.1. The molecule has 1 atom stereocenters. The predicted molar refractivity (Wildman–Crippen MR) is 168 cm³/mol. The summed E-state index contributed by atoms with van der Waals surface area (Å²) in [6, 6.07) is 22.7. The molecular weight excluding hydrogens is 574 g/mol. The highest BCUT2D eigenvalue weighted by Gasteiger charge is 2.31. The molecule has 0 radical (unpaired) electrons. The second-order valence-electron chi connectivity index (χ2n) is 10.6. The van der Waals surface area contributed by atoms with Gasteiger partial charge in [-0.3, -0.25) is 13.9 Å². The number of hydrogen-bond donors (Lipinski definition) is 1. The Morgan fingerprint density at radius 3 is 2.19 bits per heavy atom. The lowest BCUT2D eigenvalue weighted by Gasteiger charge is -2.32. The number of amides is 2. The monoisotopic (exact) mass is 613 g/mol. The molecule has 0 saturated heterocycles. The minimum Gasteiger partial charge on any atom is -0.497 e. The van der Waals surface area contributed by atoms with Gasteiger partial charge in [-0.05, 0) is 53.8 Å². The van der Waals surface area contributed by atoms with E-state index in [0.29, 0.717) is 29.4 Å². The van der Waals surface area contributed by atoms with Crippen LogP contribution in [0.1, 0.15) is 37.8 Å². The molecule has 0 saturated carbocycles. The Morgan fingerprint density at radius 1 is 0.952 bits per heavy atom. The van der Waals surface area contributed by atoms with E-state index in [1.807, 2.05) is 62.4 Å². The molecule has 226 valence electrons. The van der Waals surface area contributed by atoms with Crippen molar-refractivity contribution < 1.29 is 22.7 Å². The van der Waals surface area contributed by atoms with Gasteiger partial charge in [0.15, 0.2) is 0 Å². The third-order valence-electron chi connectivity index (χ3n) is 6.77. The zero-order valence-corrected chi connectivity index (χ0v) is 26.2. The van der Waals surface area contributed by atoms with Gasteiger partial charge >= 0.3 is 0 Å². The van der Waals surface area contributed by atoms with Gasteiger partial charge in [-0.1, -0.05) is 74.0 Å². The van der Waals surface area contributed by atoms with Gasteiger partial charge in [0, 0.05) is 37.5 Å². The Labute approximate surface area is 254 Å². The average Bonchev–Trinajstić information content (AvgIpc) is 2.96. The molecule has 42 heavy (non-hydrogen) atoms. The fraction of sp³-hybridized carbons (Fsp3) is 0.375. The van der Waals surface area contributed by atoms with Gasteiger partial charge in [0.1, 0.15) is 11.8 Å². The number of rotatable bonds is 15. The maximum absolute atomic E-state index is 13.9. The van der Waals surface area contributed by atoms with Crippen molar-refractivity contribution in [1.82, 2.24) is 10.2 Å². The molecule has 0 bridgehead atoms. The second kappa shape index (κ2) is 15.6. The smallest absolute Gasteiger partial charge is 0.243 e. The molecule has 0 spiro atoms. The van der Waals surface area contributed by atoms with E-state index in [0.717, 1.165) is 17.4 Å². The van der Waals surface area contributed by atoms with Crippen LogP contribution in [-0.4, -0.2) is 57.6 Å². The number of nitrogens with one attached hydrogen (secondary N) is 1. The number of hydrogen-bond acceptors (Lipinski definition) is 5. The van der Waals surface area contributed by atoms with Crippen molar-refractivity contribution in [1.29, 1.82) is 0 Å². The lowest BCUT2D eigenvalue weighted by molar-refractivity contribution is -0.141. The van der Waals surface area contributed by atoms with Crippen LogP contribution in [0.4, 0.5) is 5.69 Å². The molecule has 0 unspecified atom stereocenters. The second-order valence-corrected chi connectivity index (χ2v) is 12.9. The van der Waals surface area contributed by atoms with E-state index in [1.165, 1.54) is 11.4 Å². The number of methoxy groups -OCH3 is 1. The van der Waals surface area contributed by atoms with Crippen LogP contribution in [0, 0.1) is 5.92 Å². The van der Waals surface area contributed by atoms with E-state index in [2.05, 4.69) is 5.32 Å². The number of halogens is 1. The van der Waals surface area contributed by atoms with Crippen molar-refractivity contribution in [2.75, 3.05) is 30.8 Å². The first-order chi connectivity index (χ1) is 20.0. The third-order valence-corrected chi connectivity index (χ3v) is 8.33. The molecule has 0 aliphatic heterocycles. The molecular formula is C32H40ClN3O5S. The van der Waals surface area contributed by atoms with E-state index in [-0.39, 0.29) is 43.7 Å². The molecule has 10 heteroatoms. The number of nitrogens with zero attached hydrogens (tertiary/aromatic N) is 2. The lowest BCUT2D eigenvalue weighted by atomic mass is 10.0. The molecule has 3 aromatic carbocycles. The van der Waals surface area contributed by atoms with Crippen LogP contribution in [0.15, 0.2) is 78.9 Å². The SMILES string of the molecule is COc1ccc(N(CCCC(=O)N(Cc2ccccc2Cl)[C@@H](Cc2ccccc2)C(=O)NCC(C)C)S(C)(=O)=O)cc1. The summed E-state index contributed by atoms with van der Waals surface area (Å²) in [6.45, 7) is 4.73.